The van der Waals surface area contributed by atoms with E-state index < -0.39 is 0 Å². The van der Waals surface area contributed by atoms with Crippen LogP contribution in [0.1, 0.15) is 11.1 Å². The molecule has 152 valence electrons. The lowest BCUT2D eigenvalue weighted by Crippen LogP contribution is -2.20. The van der Waals surface area contributed by atoms with E-state index in [0.717, 1.165) is 40.9 Å². The molecule has 4 aromatic rings. The third kappa shape index (κ3) is 4.88. The van der Waals surface area contributed by atoms with Crippen molar-refractivity contribution in [1.82, 2.24) is 9.47 Å². The summed E-state index contributed by atoms with van der Waals surface area (Å²) < 4.78 is 2.06. The Morgan fingerprint density at radius 3 is 2.33 bits per heavy atom. The van der Waals surface area contributed by atoms with Crippen molar-refractivity contribution in [2.45, 2.75) is 13.1 Å². The number of anilines is 2. The molecule has 4 rings (SSSR count). The first-order valence-electron chi connectivity index (χ1n) is 10.0. The molecule has 5 heteroatoms. The van der Waals surface area contributed by atoms with Crippen molar-refractivity contribution < 1.29 is 4.79 Å². The van der Waals surface area contributed by atoms with Crippen LogP contribution in [0.2, 0.25) is 0 Å². The van der Waals surface area contributed by atoms with E-state index in [4.69, 9.17) is 0 Å². The maximum atomic E-state index is 12.5. The van der Waals surface area contributed by atoms with Gasteiger partial charge in [-0.25, -0.2) is 4.79 Å². The summed E-state index contributed by atoms with van der Waals surface area (Å²) in [5.74, 6) is 0. The van der Waals surface area contributed by atoms with Crippen LogP contribution >= 0.6 is 0 Å². The summed E-state index contributed by atoms with van der Waals surface area (Å²) in [7, 11) is 4.10. The van der Waals surface area contributed by atoms with Crippen molar-refractivity contribution in [2.24, 2.45) is 7.05 Å². The van der Waals surface area contributed by atoms with Gasteiger partial charge in [-0.3, -0.25) is 4.90 Å². The highest BCUT2D eigenvalue weighted by Crippen LogP contribution is 2.20. The van der Waals surface area contributed by atoms with E-state index in [1.165, 1.54) is 5.56 Å². The minimum atomic E-state index is -0.250. The van der Waals surface area contributed by atoms with Crippen molar-refractivity contribution >= 4 is 28.3 Å². The first kappa shape index (κ1) is 19.7. The fourth-order valence-electron chi connectivity index (χ4n) is 3.66. The van der Waals surface area contributed by atoms with Crippen LogP contribution in [0, 0.1) is 0 Å². The predicted molar refractivity (Wildman–Crippen MR) is 124 cm³/mol. The molecule has 0 aliphatic rings. The number of aromatic nitrogens is 1. The van der Waals surface area contributed by atoms with Crippen molar-refractivity contribution in [3.63, 3.8) is 0 Å². The van der Waals surface area contributed by atoms with Crippen LogP contribution in [-0.2, 0) is 20.1 Å². The molecule has 30 heavy (non-hydrogen) atoms. The van der Waals surface area contributed by atoms with Crippen molar-refractivity contribution in [1.29, 1.82) is 0 Å². The SMILES string of the molecule is CN(Cc1ccccc1)Cc1cccc(NC(=O)Nc2ccc3c(ccn3C)c2)c1. The van der Waals surface area contributed by atoms with Crippen LogP contribution in [0.4, 0.5) is 16.2 Å². The Morgan fingerprint density at radius 1 is 0.833 bits per heavy atom. The average Bonchev–Trinajstić information content (AvgIpc) is 3.09. The quantitative estimate of drug-likeness (QED) is 0.453. The molecule has 0 bridgehead atoms. The van der Waals surface area contributed by atoms with Gasteiger partial charge in [0.2, 0.25) is 0 Å². The molecule has 0 radical (unpaired) electrons. The maximum Gasteiger partial charge on any atom is 0.323 e. The molecule has 0 aliphatic carbocycles. The topological polar surface area (TPSA) is 49.3 Å². The number of carbonyl (C=O) groups excluding carboxylic acids is 1. The Kier molecular flexibility index (Phi) is 5.82. The molecular weight excluding hydrogens is 372 g/mol. The van der Waals surface area contributed by atoms with E-state index in [-0.39, 0.29) is 6.03 Å². The molecule has 0 spiro atoms. The average molecular weight is 399 g/mol. The Balaban J connectivity index is 1.36. The van der Waals surface area contributed by atoms with Gasteiger partial charge in [-0.1, -0.05) is 42.5 Å². The van der Waals surface area contributed by atoms with E-state index in [2.05, 4.69) is 57.5 Å². The number of carbonyl (C=O) groups is 1. The van der Waals surface area contributed by atoms with Crippen LogP contribution in [0.25, 0.3) is 10.9 Å². The summed E-state index contributed by atoms with van der Waals surface area (Å²) in [5.41, 5.74) is 5.11. The zero-order valence-corrected chi connectivity index (χ0v) is 17.3. The van der Waals surface area contributed by atoms with E-state index in [9.17, 15) is 4.79 Å². The van der Waals surface area contributed by atoms with E-state index in [1.54, 1.807) is 0 Å². The number of hydrogen-bond donors (Lipinski definition) is 2. The van der Waals surface area contributed by atoms with Gasteiger partial charge < -0.3 is 15.2 Å². The van der Waals surface area contributed by atoms with Crippen molar-refractivity contribution in [2.75, 3.05) is 17.7 Å². The normalized spacial score (nSPS) is 11.0. The lowest BCUT2D eigenvalue weighted by atomic mass is 10.1. The number of nitrogens with one attached hydrogen (secondary N) is 2. The van der Waals surface area contributed by atoms with Crippen LogP contribution in [0.3, 0.4) is 0 Å². The second-order valence-corrected chi connectivity index (χ2v) is 7.64. The standard InChI is InChI=1S/C25H26N4O/c1-28(17-19-7-4-3-5-8-19)18-20-9-6-10-22(15-20)26-25(30)27-23-11-12-24-21(16-23)13-14-29(24)2/h3-16H,17-18H2,1-2H3,(H2,26,27,30). The highest BCUT2D eigenvalue weighted by molar-refractivity contribution is 6.01. The second-order valence-electron chi connectivity index (χ2n) is 7.64. The maximum absolute atomic E-state index is 12.5. The molecular formula is C25H26N4O. The summed E-state index contributed by atoms with van der Waals surface area (Å²) in [6.07, 6.45) is 2.01. The third-order valence-electron chi connectivity index (χ3n) is 5.08. The predicted octanol–water partition coefficient (Wildman–Crippen LogP) is 5.45. The summed E-state index contributed by atoms with van der Waals surface area (Å²) in [6.45, 7) is 1.68. The van der Waals surface area contributed by atoms with Gasteiger partial charge in [-0.15, -0.1) is 0 Å². The van der Waals surface area contributed by atoms with Gasteiger partial charge in [0.15, 0.2) is 0 Å². The van der Waals surface area contributed by atoms with Crippen LogP contribution < -0.4 is 10.6 Å². The number of amides is 2. The van der Waals surface area contributed by atoms with Gasteiger partial charge in [0, 0.05) is 48.6 Å². The molecule has 0 saturated carbocycles. The molecule has 0 fully saturated rings. The van der Waals surface area contributed by atoms with Crippen LogP contribution in [0.15, 0.2) is 85.1 Å². The van der Waals surface area contributed by atoms with E-state index >= 15 is 0 Å². The summed E-state index contributed by atoms with van der Waals surface area (Å²) in [5, 5.41) is 6.94. The molecule has 0 aliphatic heterocycles. The fraction of sp³-hybridized carbons (Fsp3) is 0.160. The lowest BCUT2D eigenvalue weighted by molar-refractivity contribution is 0.262. The lowest BCUT2D eigenvalue weighted by Gasteiger charge is -2.17. The van der Waals surface area contributed by atoms with E-state index in [1.807, 2.05) is 61.8 Å². The number of hydrogen-bond acceptors (Lipinski definition) is 2. The number of nitrogens with zero attached hydrogens (tertiary/aromatic N) is 2. The zero-order chi connectivity index (χ0) is 20.9. The van der Waals surface area contributed by atoms with Gasteiger partial charge in [0.1, 0.15) is 0 Å². The first-order valence-corrected chi connectivity index (χ1v) is 10.0. The number of urea groups is 1. The van der Waals surface area contributed by atoms with E-state index in [0.29, 0.717) is 0 Å². The number of benzene rings is 3. The zero-order valence-electron chi connectivity index (χ0n) is 17.3. The molecule has 1 aromatic heterocycles. The highest BCUT2D eigenvalue weighted by Gasteiger charge is 2.07. The van der Waals surface area contributed by atoms with Crippen molar-refractivity contribution in [3.05, 3.63) is 96.2 Å². The van der Waals surface area contributed by atoms with Gasteiger partial charge >= 0.3 is 6.03 Å². The molecule has 3 aromatic carbocycles. The Labute approximate surface area is 176 Å². The number of aryl methyl sites for hydroxylation is 1. The fourth-order valence-corrected chi connectivity index (χ4v) is 3.66. The molecule has 2 amide bonds. The Hall–Kier alpha value is -3.57. The van der Waals surface area contributed by atoms with Crippen LogP contribution in [0.5, 0.6) is 0 Å². The minimum absolute atomic E-state index is 0.250. The smallest absolute Gasteiger partial charge is 0.323 e. The Bertz CT molecular complexity index is 1150. The Morgan fingerprint density at radius 2 is 1.53 bits per heavy atom. The van der Waals surface area contributed by atoms with Crippen LogP contribution in [-0.4, -0.2) is 22.5 Å². The molecule has 1 heterocycles. The molecule has 5 nitrogen and oxygen atoms in total. The monoisotopic (exact) mass is 398 g/mol. The number of rotatable bonds is 6. The molecule has 2 N–H and O–H groups in total. The molecule has 0 atom stereocenters. The third-order valence-corrected chi connectivity index (χ3v) is 5.08. The van der Waals surface area contributed by atoms with Gasteiger partial charge in [-0.05, 0) is 54.6 Å². The number of fused-ring (bicyclic) bond motifs is 1. The van der Waals surface area contributed by atoms with Gasteiger partial charge in [0.05, 0.1) is 0 Å². The van der Waals surface area contributed by atoms with Crippen molar-refractivity contribution in [3.8, 4) is 0 Å². The van der Waals surface area contributed by atoms with Gasteiger partial charge in [0.25, 0.3) is 0 Å². The first-order chi connectivity index (χ1) is 14.6. The summed E-state index contributed by atoms with van der Waals surface area (Å²) in [4.78, 5) is 14.7. The minimum Gasteiger partial charge on any atom is -0.351 e. The second kappa shape index (κ2) is 8.84. The summed E-state index contributed by atoms with van der Waals surface area (Å²) >= 11 is 0. The van der Waals surface area contributed by atoms with Gasteiger partial charge in [-0.2, -0.15) is 0 Å². The molecule has 0 saturated heterocycles. The summed E-state index contributed by atoms with van der Waals surface area (Å²) in [6, 6.07) is 26.1. The largest absolute Gasteiger partial charge is 0.351 e. The highest BCUT2D eigenvalue weighted by atomic mass is 16.2. The molecule has 0 unspecified atom stereocenters.